The summed E-state index contributed by atoms with van der Waals surface area (Å²) < 4.78 is 2.05. The van der Waals surface area contributed by atoms with Gasteiger partial charge in [-0.25, -0.2) is 14.8 Å². The van der Waals surface area contributed by atoms with E-state index < -0.39 is 5.97 Å². The van der Waals surface area contributed by atoms with Crippen molar-refractivity contribution in [2.24, 2.45) is 7.05 Å². The molecular weight excluding hydrogens is 268 g/mol. The Labute approximate surface area is 121 Å². The Kier molecular flexibility index (Phi) is 3.27. The van der Waals surface area contributed by atoms with Crippen LogP contribution in [0.15, 0.2) is 42.9 Å². The molecule has 3 rings (SSSR count). The van der Waals surface area contributed by atoms with E-state index in [4.69, 9.17) is 5.11 Å². The summed E-state index contributed by atoms with van der Waals surface area (Å²) in [5.74, 6) is -0.817. The first-order valence-electron chi connectivity index (χ1n) is 6.47. The number of rotatable bonds is 4. The van der Waals surface area contributed by atoms with Crippen LogP contribution in [-0.4, -0.2) is 25.6 Å². The van der Waals surface area contributed by atoms with Gasteiger partial charge in [0.05, 0.1) is 0 Å². The fraction of sp³-hybridized carbons (Fsp3) is 0.133. The maximum Gasteiger partial charge on any atom is 0.358 e. The molecule has 0 saturated heterocycles. The second-order valence-electron chi connectivity index (χ2n) is 4.73. The Hall–Kier alpha value is -2.89. The molecule has 0 fully saturated rings. The topological polar surface area (TPSA) is 80.0 Å². The van der Waals surface area contributed by atoms with Crippen molar-refractivity contribution in [2.45, 2.75) is 6.54 Å². The van der Waals surface area contributed by atoms with Crippen LogP contribution in [0.3, 0.4) is 0 Å². The lowest BCUT2D eigenvalue weighted by atomic mass is 10.1. The molecule has 2 aromatic heterocycles. The summed E-state index contributed by atoms with van der Waals surface area (Å²) in [6.07, 6.45) is 4.84. The molecule has 0 spiro atoms. The van der Waals surface area contributed by atoms with Gasteiger partial charge in [0.2, 0.25) is 0 Å². The van der Waals surface area contributed by atoms with Crippen molar-refractivity contribution >= 4 is 22.7 Å². The predicted molar refractivity (Wildman–Crippen MR) is 79.2 cm³/mol. The molecule has 2 heterocycles. The Bertz CT molecular complexity index is 810. The number of benzene rings is 1. The summed E-state index contributed by atoms with van der Waals surface area (Å²) in [5, 5.41) is 13.2. The molecule has 3 aromatic rings. The molecule has 106 valence electrons. The molecule has 0 aliphatic rings. The second kappa shape index (κ2) is 5.24. The van der Waals surface area contributed by atoms with Gasteiger partial charge in [0, 0.05) is 37.7 Å². The average molecular weight is 282 g/mol. The van der Waals surface area contributed by atoms with Crippen LogP contribution in [0.5, 0.6) is 0 Å². The van der Waals surface area contributed by atoms with Gasteiger partial charge in [0.1, 0.15) is 0 Å². The second-order valence-corrected chi connectivity index (χ2v) is 4.73. The molecule has 0 atom stereocenters. The number of hydrogen-bond donors (Lipinski definition) is 2. The van der Waals surface area contributed by atoms with Crippen LogP contribution in [0.25, 0.3) is 10.9 Å². The maximum atomic E-state index is 11.1. The molecular formula is C15H14N4O2. The average Bonchev–Trinajstić information content (AvgIpc) is 2.86. The molecule has 0 amide bonds. The van der Waals surface area contributed by atoms with Crippen LogP contribution in [0, 0.1) is 0 Å². The van der Waals surface area contributed by atoms with Crippen molar-refractivity contribution in [3.8, 4) is 0 Å². The summed E-state index contributed by atoms with van der Waals surface area (Å²) in [5.41, 5.74) is 2.14. The van der Waals surface area contributed by atoms with Gasteiger partial charge in [0.25, 0.3) is 0 Å². The number of nitrogens with zero attached hydrogens (tertiary/aromatic N) is 3. The third-order valence-electron chi connectivity index (χ3n) is 3.31. The minimum absolute atomic E-state index is 0.0710. The number of nitrogens with one attached hydrogen (secondary N) is 1. The zero-order valence-electron chi connectivity index (χ0n) is 11.4. The van der Waals surface area contributed by atoms with E-state index in [1.165, 1.54) is 12.4 Å². The normalized spacial score (nSPS) is 10.7. The van der Waals surface area contributed by atoms with E-state index in [1.807, 2.05) is 31.4 Å². The SMILES string of the molecule is Cn1ccc2cc(CNc3nccnc3C(=O)O)ccc21. The highest BCUT2D eigenvalue weighted by Gasteiger charge is 2.12. The molecule has 2 N–H and O–H groups in total. The van der Waals surface area contributed by atoms with E-state index in [1.54, 1.807) is 0 Å². The molecule has 0 aliphatic carbocycles. The maximum absolute atomic E-state index is 11.1. The van der Waals surface area contributed by atoms with Gasteiger partial charge >= 0.3 is 5.97 Å². The molecule has 0 bridgehead atoms. The molecule has 6 heteroatoms. The minimum atomic E-state index is -1.09. The largest absolute Gasteiger partial charge is 0.476 e. The molecule has 0 unspecified atom stereocenters. The molecule has 0 radical (unpaired) electrons. The number of carbonyl (C=O) groups is 1. The van der Waals surface area contributed by atoms with Gasteiger partial charge in [-0.05, 0) is 29.1 Å². The fourth-order valence-corrected chi connectivity index (χ4v) is 2.25. The minimum Gasteiger partial charge on any atom is -0.476 e. The zero-order chi connectivity index (χ0) is 14.8. The lowest BCUT2D eigenvalue weighted by Gasteiger charge is -2.08. The van der Waals surface area contributed by atoms with Crippen molar-refractivity contribution in [2.75, 3.05) is 5.32 Å². The number of aromatic carboxylic acids is 1. The summed E-state index contributed by atoms with van der Waals surface area (Å²) in [7, 11) is 2.00. The molecule has 0 aliphatic heterocycles. The van der Waals surface area contributed by atoms with Crippen LogP contribution in [-0.2, 0) is 13.6 Å². The van der Waals surface area contributed by atoms with Crippen molar-refractivity contribution in [1.29, 1.82) is 0 Å². The Morgan fingerprint density at radius 3 is 2.90 bits per heavy atom. The smallest absolute Gasteiger partial charge is 0.358 e. The first-order chi connectivity index (χ1) is 10.1. The van der Waals surface area contributed by atoms with E-state index in [2.05, 4.69) is 25.9 Å². The monoisotopic (exact) mass is 282 g/mol. The first-order valence-corrected chi connectivity index (χ1v) is 6.47. The van der Waals surface area contributed by atoms with E-state index in [0.29, 0.717) is 6.54 Å². The third-order valence-corrected chi connectivity index (χ3v) is 3.31. The van der Waals surface area contributed by atoms with Gasteiger partial charge in [0.15, 0.2) is 11.5 Å². The predicted octanol–water partition coefficient (Wildman–Crippen LogP) is 2.28. The molecule has 6 nitrogen and oxygen atoms in total. The van der Waals surface area contributed by atoms with Gasteiger partial charge in [-0.15, -0.1) is 0 Å². The quantitative estimate of drug-likeness (QED) is 0.767. The fourth-order valence-electron chi connectivity index (χ4n) is 2.25. The summed E-state index contributed by atoms with van der Waals surface area (Å²) in [6.45, 7) is 0.490. The van der Waals surface area contributed by atoms with Crippen molar-refractivity contribution in [3.63, 3.8) is 0 Å². The van der Waals surface area contributed by atoms with E-state index in [-0.39, 0.29) is 11.5 Å². The summed E-state index contributed by atoms with van der Waals surface area (Å²) in [4.78, 5) is 18.9. The lowest BCUT2D eigenvalue weighted by Crippen LogP contribution is -2.10. The number of aromatic nitrogens is 3. The van der Waals surface area contributed by atoms with Crippen LogP contribution >= 0.6 is 0 Å². The van der Waals surface area contributed by atoms with Crippen molar-refractivity contribution < 1.29 is 9.90 Å². The van der Waals surface area contributed by atoms with Gasteiger partial charge in [-0.2, -0.15) is 0 Å². The highest BCUT2D eigenvalue weighted by molar-refractivity contribution is 5.90. The number of carboxylic acids is 1. The molecule has 21 heavy (non-hydrogen) atoms. The number of anilines is 1. The Morgan fingerprint density at radius 2 is 2.10 bits per heavy atom. The van der Waals surface area contributed by atoms with E-state index in [0.717, 1.165) is 16.5 Å². The summed E-state index contributed by atoms with van der Waals surface area (Å²) in [6, 6.07) is 8.16. The Morgan fingerprint density at radius 1 is 1.29 bits per heavy atom. The number of fused-ring (bicyclic) bond motifs is 1. The van der Waals surface area contributed by atoms with E-state index >= 15 is 0 Å². The van der Waals surface area contributed by atoms with E-state index in [9.17, 15) is 4.79 Å². The zero-order valence-corrected chi connectivity index (χ0v) is 11.4. The third kappa shape index (κ3) is 2.55. The standard InChI is InChI=1S/C15H14N4O2/c1-19-7-4-11-8-10(2-3-12(11)19)9-18-14-13(15(20)21)16-5-6-17-14/h2-8H,9H2,1H3,(H,17,18)(H,20,21). The van der Waals surface area contributed by atoms with Crippen LogP contribution < -0.4 is 5.32 Å². The lowest BCUT2D eigenvalue weighted by molar-refractivity contribution is 0.0691. The van der Waals surface area contributed by atoms with Crippen molar-refractivity contribution in [1.82, 2.24) is 14.5 Å². The summed E-state index contributed by atoms with van der Waals surface area (Å²) >= 11 is 0. The van der Waals surface area contributed by atoms with Crippen molar-refractivity contribution in [3.05, 3.63) is 54.1 Å². The van der Waals surface area contributed by atoms with Crippen LogP contribution in [0.4, 0.5) is 5.82 Å². The molecule has 1 aromatic carbocycles. The molecule has 0 saturated carbocycles. The number of carboxylic acid groups (broad SMARTS) is 1. The van der Waals surface area contributed by atoms with Crippen LogP contribution in [0.1, 0.15) is 16.1 Å². The van der Waals surface area contributed by atoms with Gasteiger partial charge in [-0.3, -0.25) is 0 Å². The van der Waals surface area contributed by atoms with Crippen LogP contribution in [0.2, 0.25) is 0 Å². The highest BCUT2D eigenvalue weighted by Crippen LogP contribution is 2.18. The number of aryl methyl sites for hydroxylation is 1. The van der Waals surface area contributed by atoms with Gasteiger partial charge < -0.3 is 15.0 Å². The Balaban J connectivity index is 1.82. The van der Waals surface area contributed by atoms with Gasteiger partial charge in [-0.1, -0.05) is 6.07 Å². The highest BCUT2D eigenvalue weighted by atomic mass is 16.4. The first kappa shape index (κ1) is 13.1. The number of hydrogen-bond acceptors (Lipinski definition) is 4.